The van der Waals surface area contributed by atoms with Gasteiger partial charge in [-0.1, -0.05) is 32.0 Å². The van der Waals surface area contributed by atoms with Gasteiger partial charge in [0.25, 0.3) is 0 Å². The van der Waals surface area contributed by atoms with E-state index < -0.39 is 11.6 Å². The lowest BCUT2D eigenvalue weighted by Crippen LogP contribution is -2.59. The highest BCUT2D eigenvalue weighted by Gasteiger charge is 2.48. The molecule has 0 radical (unpaired) electrons. The van der Waals surface area contributed by atoms with Gasteiger partial charge in [0, 0.05) is 23.8 Å². The molecule has 2 aromatic carbocycles. The number of likely N-dealkylation sites (tertiary alicyclic amines) is 1. The van der Waals surface area contributed by atoms with Gasteiger partial charge in [-0.15, -0.1) is 0 Å². The van der Waals surface area contributed by atoms with Crippen molar-refractivity contribution in [2.75, 3.05) is 18.8 Å². The van der Waals surface area contributed by atoms with Crippen molar-refractivity contribution in [3.63, 3.8) is 0 Å². The number of nitrogens with zero attached hydrogens (tertiary/aromatic N) is 1. The van der Waals surface area contributed by atoms with Gasteiger partial charge in [0.15, 0.2) is 0 Å². The summed E-state index contributed by atoms with van der Waals surface area (Å²) in [7, 11) is 0. The van der Waals surface area contributed by atoms with Crippen LogP contribution in [-0.4, -0.2) is 30.1 Å². The number of hydrogen-bond acceptors (Lipinski definition) is 3. The van der Waals surface area contributed by atoms with Crippen LogP contribution in [0.3, 0.4) is 0 Å². The van der Waals surface area contributed by atoms with E-state index in [1.54, 1.807) is 0 Å². The first-order chi connectivity index (χ1) is 13.8. The van der Waals surface area contributed by atoms with Crippen molar-refractivity contribution in [3.8, 4) is 0 Å². The quantitative estimate of drug-likeness (QED) is 0.741. The zero-order valence-electron chi connectivity index (χ0n) is 17.4. The fraction of sp³-hybridized carbons (Fsp3) is 0.500. The number of benzene rings is 2. The Morgan fingerprint density at radius 3 is 2.62 bits per heavy atom. The molecule has 1 fully saturated rings. The van der Waals surface area contributed by atoms with Crippen LogP contribution in [0.4, 0.5) is 14.5 Å². The van der Waals surface area contributed by atoms with Crippen LogP contribution in [-0.2, 0) is 23.2 Å². The highest BCUT2D eigenvalue weighted by atomic mass is 19.1. The molecule has 4 unspecified atom stereocenters. The molecule has 0 saturated carbocycles. The molecular formula is C24H30F2N2O. The van der Waals surface area contributed by atoms with E-state index in [0.29, 0.717) is 12.0 Å². The summed E-state index contributed by atoms with van der Waals surface area (Å²) in [5, 5.41) is 0. The summed E-state index contributed by atoms with van der Waals surface area (Å²) in [5.74, 6) is -0.611. The van der Waals surface area contributed by atoms with Gasteiger partial charge in [-0.2, -0.15) is 0 Å². The Hall–Kier alpha value is -1.98. The van der Waals surface area contributed by atoms with E-state index in [1.807, 2.05) is 13.0 Å². The second-order valence-corrected chi connectivity index (χ2v) is 8.92. The van der Waals surface area contributed by atoms with Crippen LogP contribution in [0, 0.1) is 17.6 Å². The maximum atomic E-state index is 13.9. The summed E-state index contributed by atoms with van der Waals surface area (Å²) < 4.78 is 33.6. The lowest BCUT2D eigenvalue weighted by Gasteiger charge is -2.55. The van der Waals surface area contributed by atoms with Crippen LogP contribution in [0.25, 0.3) is 0 Å². The summed E-state index contributed by atoms with van der Waals surface area (Å²) in [6.45, 7) is 8.35. The fourth-order valence-corrected chi connectivity index (χ4v) is 5.28. The first-order valence-electron chi connectivity index (χ1n) is 10.5. The first-order valence-corrected chi connectivity index (χ1v) is 10.5. The molecule has 1 heterocycles. The third-order valence-corrected chi connectivity index (χ3v) is 7.28. The molecule has 2 N–H and O–H groups in total. The molecule has 29 heavy (non-hydrogen) atoms. The summed E-state index contributed by atoms with van der Waals surface area (Å²) >= 11 is 0. The highest BCUT2D eigenvalue weighted by molar-refractivity contribution is 5.55. The summed E-state index contributed by atoms with van der Waals surface area (Å²) in [6, 6.07) is 10.6. The second kappa shape index (κ2) is 7.69. The van der Waals surface area contributed by atoms with Gasteiger partial charge < -0.3 is 10.5 Å². The predicted molar refractivity (Wildman–Crippen MR) is 112 cm³/mol. The maximum absolute atomic E-state index is 13.9. The molecule has 156 valence electrons. The van der Waals surface area contributed by atoms with Gasteiger partial charge in [0.1, 0.15) is 11.6 Å². The molecule has 4 rings (SSSR count). The fourth-order valence-electron chi connectivity index (χ4n) is 5.28. The zero-order valence-corrected chi connectivity index (χ0v) is 17.4. The van der Waals surface area contributed by atoms with Crippen LogP contribution in [0.1, 0.15) is 43.9 Å². The third kappa shape index (κ3) is 3.55. The molecule has 0 amide bonds. The van der Waals surface area contributed by atoms with Crippen molar-refractivity contribution in [1.29, 1.82) is 0 Å². The Kier molecular flexibility index (Phi) is 5.38. The van der Waals surface area contributed by atoms with Crippen molar-refractivity contribution in [1.82, 2.24) is 4.90 Å². The van der Waals surface area contributed by atoms with Gasteiger partial charge >= 0.3 is 0 Å². The van der Waals surface area contributed by atoms with Crippen LogP contribution in [0.5, 0.6) is 0 Å². The summed E-state index contributed by atoms with van der Waals surface area (Å²) in [4.78, 5) is 2.48. The normalized spacial score (nSPS) is 27.5. The Bertz CT molecular complexity index is 882. The number of nitrogen functional groups attached to an aromatic ring is 1. The molecule has 0 spiro atoms. The number of rotatable bonds is 5. The van der Waals surface area contributed by atoms with Crippen molar-refractivity contribution in [2.24, 2.45) is 5.92 Å². The lowest BCUT2D eigenvalue weighted by atomic mass is 9.59. The Labute approximate surface area is 171 Å². The first kappa shape index (κ1) is 20.3. The van der Waals surface area contributed by atoms with Crippen molar-refractivity contribution < 1.29 is 13.5 Å². The highest BCUT2D eigenvalue weighted by Crippen LogP contribution is 2.49. The minimum atomic E-state index is -0.557. The van der Waals surface area contributed by atoms with E-state index in [0.717, 1.165) is 31.6 Å². The smallest absolute Gasteiger partial charge is 0.131 e. The maximum Gasteiger partial charge on any atom is 0.131 e. The Balaban J connectivity index is 1.46. The van der Waals surface area contributed by atoms with Crippen molar-refractivity contribution in [2.45, 2.75) is 57.8 Å². The predicted octanol–water partition coefficient (Wildman–Crippen LogP) is 4.68. The number of halogens is 2. The van der Waals surface area contributed by atoms with Gasteiger partial charge in [0.2, 0.25) is 0 Å². The van der Waals surface area contributed by atoms with Gasteiger partial charge in [-0.3, -0.25) is 4.90 Å². The monoisotopic (exact) mass is 400 g/mol. The number of piperidine rings is 1. The second-order valence-electron chi connectivity index (χ2n) is 8.92. The number of nitrogens with two attached hydrogens (primary N) is 1. The van der Waals surface area contributed by atoms with Crippen LogP contribution < -0.4 is 5.73 Å². The van der Waals surface area contributed by atoms with E-state index in [4.69, 9.17) is 10.5 Å². The number of fused-ring (bicyclic) bond motifs is 4. The lowest BCUT2D eigenvalue weighted by molar-refractivity contribution is -0.0253. The Morgan fingerprint density at radius 1 is 1.21 bits per heavy atom. The van der Waals surface area contributed by atoms with E-state index >= 15 is 0 Å². The molecule has 1 aliphatic heterocycles. The number of hydrogen-bond donors (Lipinski definition) is 1. The van der Waals surface area contributed by atoms with Gasteiger partial charge in [-0.25, -0.2) is 8.78 Å². The molecule has 4 atom stereocenters. The largest absolute Gasteiger partial charge is 0.398 e. The third-order valence-electron chi connectivity index (χ3n) is 7.28. The van der Waals surface area contributed by atoms with Crippen molar-refractivity contribution in [3.05, 3.63) is 64.7 Å². The topological polar surface area (TPSA) is 38.5 Å². The van der Waals surface area contributed by atoms with E-state index in [2.05, 4.69) is 30.9 Å². The minimum Gasteiger partial charge on any atom is -0.398 e. The van der Waals surface area contributed by atoms with Crippen LogP contribution in [0.15, 0.2) is 36.4 Å². The summed E-state index contributed by atoms with van der Waals surface area (Å²) in [5.41, 5.74) is 10.0. The minimum absolute atomic E-state index is 0.00157. The molecular weight excluding hydrogens is 370 g/mol. The molecule has 2 aliphatic rings. The molecule has 0 aromatic heterocycles. The number of ether oxygens (including phenoxy) is 1. The standard InChI is InChI=1S/C24H30F2N2O/c1-15(29-14-18-20(25)7-5-8-21(18)26)13-28-11-10-24(3)16(2)23(28)12-17-19(24)6-4-9-22(17)27/h4-9,15-16,23H,10-14,27H2,1-3H3. The van der Waals surface area contributed by atoms with E-state index in [9.17, 15) is 8.78 Å². The molecule has 1 saturated heterocycles. The van der Waals surface area contributed by atoms with Crippen molar-refractivity contribution >= 4 is 5.69 Å². The molecule has 2 aromatic rings. The van der Waals surface area contributed by atoms with E-state index in [1.165, 1.54) is 29.3 Å². The summed E-state index contributed by atoms with van der Waals surface area (Å²) in [6.07, 6.45) is 1.88. The van der Waals surface area contributed by atoms with Crippen LogP contribution >= 0.6 is 0 Å². The Morgan fingerprint density at radius 2 is 1.90 bits per heavy atom. The zero-order chi connectivity index (χ0) is 20.8. The molecule has 3 nitrogen and oxygen atoms in total. The molecule has 1 aliphatic carbocycles. The van der Waals surface area contributed by atoms with E-state index in [-0.39, 0.29) is 23.7 Å². The molecule has 5 heteroatoms. The molecule has 2 bridgehead atoms. The van der Waals surface area contributed by atoms with Gasteiger partial charge in [0.05, 0.1) is 12.7 Å². The van der Waals surface area contributed by atoms with Crippen LogP contribution in [0.2, 0.25) is 0 Å². The number of anilines is 1. The van der Waals surface area contributed by atoms with Gasteiger partial charge in [-0.05, 0) is 67.0 Å². The average molecular weight is 401 g/mol. The SMILES string of the molecule is CC(CN1CCC2(C)c3cccc(N)c3CC1C2C)OCc1c(F)cccc1F. The average Bonchev–Trinajstić information content (AvgIpc) is 2.67.